The van der Waals surface area contributed by atoms with Crippen LogP contribution in [0.3, 0.4) is 0 Å². The lowest BCUT2D eigenvalue weighted by Gasteiger charge is -2.39. The van der Waals surface area contributed by atoms with E-state index in [9.17, 15) is 5.11 Å². The third kappa shape index (κ3) is 2.58. The van der Waals surface area contributed by atoms with Gasteiger partial charge in [-0.25, -0.2) is 5.01 Å². The summed E-state index contributed by atoms with van der Waals surface area (Å²) in [5.74, 6) is 0.318. The Hall–Kier alpha value is -1.95. The van der Waals surface area contributed by atoms with Gasteiger partial charge < -0.3 is 10.0 Å². The maximum atomic E-state index is 9.31. The van der Waals surface area contributed by atoms with Gasteiger partial charge in [0.2, 0.25) is 0 Å². The Morgan fingerprint density at radius 2 is 1.74 bits per heavy atom. The van der Waals surface area contributed by atoms with E-state index in [1.807, 2.05) is 30.5 Å². The summed E-state index contributed by atoms with van der Waals surface area (Å²) in [5.41, 5.74) is 1.17. The molecule has 0 bridgehead atoms. The molecular weight excluding hydrogens is 242 g/mol. The second kappa shape index (κ2) is 4.97. The van der Waals surface area contributed by atoms with Gasteiger partial charge in [-0.05, 0) is 24.3 Å². The Kier molecular flexibility index (Phi) is 3.16. The van der Waals surface area contributed by atoms with E-state index in [1.165, 1.54) is 5.69 Å². The lowest BCUT2D eigenvalue weighted by Crippen LogP contribution is -2.53. The van der Waals surface area contributed by atoms with E-state index in [4.69, 9.17) is 0 Å². The fourth-order valence-corrected chi connectivity index (χ4v) is 2.47. The van der Waals surface area contributed by atoms with Gasteiger partial charge in [0, 0.05) is 38.9 Å². The number of rotatable bonds is 2. The summed E-state index contributed by atoms with van der Waals surface area (Å²) in [4.78, 5) is 2.34. The van der Waals surface area contributed by atoms with Crippen molar-refractivity contribution in [1.82, 2.24) is 15.0 Å². The molecule has 0 radical (unpaired) electrons. The monoisotopic (exact) mass is 261 g/mol. The number of hydrogen-bond acceptors (Lipinski definition) is 6. The summed E-state index contributed by atoms with van der Waals surface area (Å²) >= 11 is 0. The van der Waals surface area contributed by atoms with Crippen LogP contribution in [-0.2, 0) is 0 Å². The molecule has 1 aromatic rings. The van der Waals surface area contributed by atoms with E-state index >= 15 is 0 Å². The highest BCUT2D eigenvalue weighted by Gasteiger charge is 2.23. The topological polar surface area (TPSA) is 45.5 Å². The average molecular weight is 261 g/mol. The van der Waals surface area contributed by atoms with Crippen molar-refractivity contribution >= 4 is 12.0 Å². The Balaban J connectivity index is 1.57. The highest BCUT2D eigenvalue weighted by molar-refractivity contribution is 5.55. The minimum Gasteiger partial charge on any atom is -0.508 e. The molecule has 19 heavy (non-hydrogen) atoms. The molecule has 0 amide bonds. The second-order valence-electron chi connectivity index (χ2n) is 4.93. The number of anilines is 1. The molecule has 2 heterocycles. The van der Waals surface area contributed by atoms with E-state index in [0.29, 0.717) is 5.75 Å². The van der Waals surface area contributed by atoms with Crippen LogP contribution in [0.2, 0.25) is 0 Å². The van der Waals surface area contributed by atoms with E-state index in [1.54, 1.807) is 12.1 Å². The van der Waals surface area contributed by atoms with Crippen LogP contribution >= 0.6 is 0 Å². The van der Waals surface area contributed by atoms with Crippen molar-refractivity contribution in [2.75, 3.05) is 44.8 Å². The fraction of sp³-hybridized carbons (Fsp3) is 0.462. The molecule has 0 spiro atoms. The van der Waals surface area contributed by atoms with E-state index in [0.717, 1.165) is 32.8 Å². The number of benzene rings is 1. The van der Waals surface area contributed by atoms with Gasteiger partial charge in [0.1, 0.15) is 18.8 Å². The molecule has 2 aliphatic heterocycles. The van der Waals surface area contributed by atoms with Crippen LogP contribution in [0.15, 0.2) is 29.4 Å². The largest absolute Gasteiger partial charge is 0.508 e. The molecular formula is C13H19N5O. The van der Waals surface area contributed by atoms with Crippen molar-refractivity contribution in [1.29, 1.82) is 0 Å². The molecule has 0 saturated carbocycles. The van der Waals surface area contributed by atoms with E-state index in [-0.39, 0.29) is 0 Å². The predicted molar refractivity (Wildman–Crippen MR) is 74.9 cm³/mol. The van der Waals surface area contributed by atoms with Gasteiger partial charge in [-0.3, -0.25) is 10.0 Å². The number of phenolic OH excluding ortho intramolecular Hbond substituents is 1. The van der Waals surface area contributed by atoms with Crippen molar-refractivity contribution in [3.63, 3.8) is 0 Å². The molecule has 1 saturated heterocycles. The highest BCUT2D eigenvalue weighted by atomic mass is 16.3. The van der Waals surface area contributed by atoms with E-state index < -0.39 is 0 Å². The molecule has 0 aromatic heterocycles. The second-order valence-corrected chi connectivity index (χ2v) is 4.93. The summed E-state index contributed by atoms with van der Waals surface area (Å²) in [6.07, 6.45) is 1.89. The minimum absolute atomic E-state index is 0.318. The Morgan fingerprint density at radius 1 is 1.05 bits per heavy atom. The van der Waals surface area contributed by atoms with Gasteiger partial charge in [-0.1, -0.05) is 0 Å². The molecule has 3 rings (SSSR count). The molecule has 0 aliphatic carbocycles. The molecule has 6 nitrogen and oxygen atoms in total. The molecule has 1 N–H and O–H groups in total. The Morgan fingerprint density at radius 3 is 2.32 bits per heavy atom. The standard InChI is InChI=1S/C13H19N5O/c1-15-11-18(10-14-15)17-8-6-16(7-9-17)12-2-4-13(19)5-3-12/h2-5,10,19H,6-9,11H2,1H3. The van der Waals surface area contributed by atoms with Gasteiger partial charge in [0.15, 0.2) is 0 Å². The molecule has 6 heteroatoms. The molecule has 1 aromatic carbocycles. The first kappa shape index (κ1) is 12.1. The quantitative estimate of drug-likeness (QED) is 0.843. The third-order valence-corrected chi connectivity index (χ3v) is 3.57. The maximum absolute atomic E-state index is 9.31. The summed E-state index contributed by atoms with van der Waals surface area (Å²) < 4.78 is 0. The Bertz CT molecular complexity index is 453. The van der Waals surface area contributed by atoms with Crippen LogP contribution in [0, 0.1) is 0 Å². The van der Waals surface area contributed by atoms with Crippen LogP contribution in [0.4, 0.5) is 5.69 Å². The summed E-state index contributed by atoms with van der Waals surface area (Å²) in [6, 6.07) is 7.42. The fourth-order valence-electron chi connectivity index (χ4n) is 2.47. The van der Waals surface area contributed by atoms with Gasteiger partial charge in [-0.15, -0.1) is 0 Å². The highest BCUT2D eigenvalue weighted by Crippen LogP contribution is 2.20. The number of phenols is 1. The average Bonchev–Trinajstić information content (AvgIpc) is 2.87. The first-order valence-electron chi connectivity index (χ1n) is 6.53. The molecule has 1 fully saturated rings. The van der Waals surface area contributed by atoms with Crippen molar-refractivity contribution in [2.45, 2.75) is 0 Å². The smallest absolute Gasteiger partial charge is 0.127 e. The third-order valence-electron chi connectivity index (χ3n) is 3.57. The van der Waals surface area contributed by atoms with Crippen molar-refractivity contribution < 1.29 is 5.11 Å². The lowest BCUT2D eigenvalue weighted by atomic mass is 10.2. The molecule has 0 atom stereocenters. The maximum Gasteiger partial charge on any atom is 0.127 e. The van der Waals surface area contributed by atoms with Crippen LogP contribution in [0.5, 0.6) is 5.75 Å². The van der Waals surface area contributed by atoms with Crippen molar-refractivity contribution in [2.24, 2.45) is 5.10 Å². The van der Waals surface area contributed by atoms with E-state index in [2.05, 4.69) is 20.0 Å². The molecule has 102 valence electrons. The van der Waals surface area contributed by atoms with Crippen LogP contribution in [0.1, 0.15) is 0 Å². The zero-order valence-electron chi connectivity index (χ0n) is 11.1. The summed E-state index contributed by atoms with van der Waals surface area (Å²) in [6.45, 7) is 4.78. The lowest BCUT2D eigenvalue weighted by molar-refractivity contribution is 0.0245. The summed E-state index contributed by atoms with van der Waals surface area (Å²) in [5, 5.41) is 20.0. The number of hydrazone groups is 1. The zero-order valence-corrected chi connectivity index (χ0v) is 11.1. The zero-order chi connectivity index (χ0) is 13.2. The molecule has 2 aliphatic rings. The van der Waals surface area contributed by atoms with Gasteiger partial charge >= 0.3 is 0 Å². The number of hydrogen-bond donors (Lipinski definition) is 1. The van der Waals surface area contributed by atoms with Crippen molar-refractivity contribution in [3.8, 4) is 5.75 Å². The predicted octanol–water partition coefficient (Wildman–Crippen LogP) is 0.577. The van der Waals surface area contributed by atoms with Crippen LogP contribution < -0.4 is 4.90 Å². The number of nitrogens with zero attached hydrogens (tertiary/aromatic N) is 5. The van der Waals surface area contributed by atoms with Crippen LogP contribution in [0.25, 0.3) is 0 Å². The SMILES string of the molecule is CN1CN(N2CCN(c3ccc(O)cc3)CC2)C=N1. The van der Waals surface area contributed by atoms with Crippen LogP contribution in [-0.4, -0.2) is 66.4 Å². The van der Waals surface area contributed by atoms with Gasteiger partial charge in [-0.2, -0.15) is 5.10 Å². The Labute approximate surface area is 113 Å². The van der Waals surface area contributed by atoms with Gasteiger partial charge in [0.25, 0.3) is 0 Å². The first-order valence-corrected chi connectivity index (χ1v) is 6.53. The normalized spacial score (nSPS) is 20.4. The van der Waals surface area contributed by atoms with Crippen molar-refractivity contribution in [3.05, 3.63) is 24.3 Å². The number of piperazine rings is 1. The number of hydrazine groups is 1. The number of aromatic hydroxyl groups is 1. The summed E-state index contributed by atoms with van der Waals surface area (Å²) in [7, 11) is 1.98. The first-order chi connectivity index (χ1) is 9.22. The molecule has 0 unspecified atom stereocenters. The minimum atomic E-state index is 0.318. The van der Waals surface area contributed by atoms with Gasteiger partial charge in [0.05, 0.1) is 0 Å².